The van der Waals surface area contributed by atoms with Gasteiger partial charge < -0.3 is 15.2 Å². The number of carbonyl (C=O) groups is 1. The van der Waals surface area contributed by atoms with Gasteiger partial charge in [-0.3, -0.25) is 0 Å². The van der Waals surface area contributed by atoms with Crippen LogP contribution in [0.2, 0.25) is 0 Å². The van der Waals surface area contributed by atoms with Gasteiger partial charge in [-0.05, 0) is 80.9 Å². The third-order valence-electron chi connectivity index (χ3n) is 7.21. The van der Waals surface area contributed by atoms with Crippen molar-refractivity contribution in [1.29, 1.82) is 0 Å². The Balaban J connectivity index is 1.19. The van der Waals surface area contributed by atoms with E-state index in [4.69, 9.17) is 0 Å². The summed E-state index contributed by atoms with van der Waals surface area (Å²) in [5.74, 6) is 2.54. The second-order valence-corrected chi connectivity index (χ2v) is 9.62. The Hall–Kier alpha value is -2.23. The molecule has 0 unspecified atom stereocenters. The topological polar surface area (TPSA) is 46.1 Å². The van der Waals surface area contributed by atoms with Gasteiger partial charge in [0.1, 0.15) is 0 Å². The lowest BCUT2D eigenvalue weighted by Gasteiger charge is -2.56. The fraction of sp³-hybridized carbons (Fsp3) is 0.542. The molecule has 28 heavy (non-hydrogen) atoms. The number of amides is 2. The molecule has 4 fully saturated rings. The number of hydrogen-bond acceptors (Lipinski definition) is 1. The van der Waals surface area contributed by atoms with E-state index in [1.165, 1.54) is 49.7 Å². The maximum absolute atomic E-state index is 12.7. The lowest BCUT2D eigenvalue weighted by atomic mass is 9.53. The summed E-state index contributed by atoms with van der Waals surface area (Å²) < 4.78 is 2.22. The number of nitrogens with zero attached hydrogens (tertiary/aromatic N) is 1. The van der Waals surface area contributed by atoms with Crippen LogP contribution in [0.25, 0.3) is 0 Å². The van der Waals surface area contributed by atoms with E-state index in [-0.39, 0.29) is 11.6 Å². The molecule has 0 aliphatic heterocycles. The van der Waals surface area contributed by atoms with Gasteiger partial charge in [0.25, 0.3) is 0 Å². The number of benzene rings is 1. The second kappa shape index (κ2) is 6.98. The average Bonchev–Trinajstić information content (AvgIpc) is 3.05. The zero-order valence-corrected chi connectivity index (χ0v) is 16.8. The minimum absolute atomic E-state index is 0.00487. The van der Waals surface area contributed by atoms with Crippen molar-refractivity contribution in [3.8, 4) is 0 Å². The van der Waals surface area contributed by atoms with Crippen molar-refractivity contribution in [2.24, 2.45) is 17.8 Å². The van der Waals surface area contributed by atoms with E-state index in [1.54, 1.807) is 0 Å². The molecule has 4 aliphatic rings. The zero-order valence-electron chi connectivity index (χ0n) is 16.8. The van der Waals surface area contributed by atoms with E-state index in [2.05, 4.69) is 64.7 Å². The van der Waals surface area contributed by atoms with Gasteiger partial charge in [0, 0.05) is 24.0 Å². The Morgan fingerprint density at radius 1 is 1.07 bits per heavy atom. The first-order valence-corrected chi connectivity index (χ1v) is 10.8. The van der Waals surface area contributed by atoms with E-state index >= 15 is 0 Å². The van der Waals surface area contributed by atoms with Gasteiger partial charge in [-0.1, -0.05) is 29.8 Å². The fourth-order valence-electron chi connectivity index (χ4n) is 6.49. The van der Waals surface area contributed by atoms with E-state index in [1.807, 2.05) is 0 Å². The maximum atomic E-state index is 12.7. The third kappa shape index (κ3) is 3.57. The molecule has 0 radical (unpaired) electrons. The summed E-state index contributed by atoms with van der Waals surface area (Å²) in [5, 5.41) is 6.53. The summed E-state index contributed by atoms with van der Waals surface area (Å²) in [6.07, 6.45) is 9.86. The van der Waals surface area contributed by atoms with Crippen LogP contribution in [0.3, 0.4) is 0 Å². The summed E-state index contributed by atoms with van der Waals surface area (Å²) in [7, 11) is 0. The highest BCUT2D eigenvalue weighted by molar-refractivity contribution is 5.74. The molecule has 2 N–H and O–H groups in total. The number of urea groups is 1. The number of carbonyl (C=O) groups excluding carboxylic acids is 1. The van der Waals surface area contributed by atoms with Gasteiger partial charge in [0.2, 0.25) is 0 Å². The van der Waals surface area contributed by atoms with Gasteiger partial charge >= 0.3 is 6.03 Å². The lowest BCUT2D eigenvalue weighted by Crippen LogP contribution is -2.61. The Bertz CT molecular complexity index is 833. The molecule has 1 heterocycles. The summed E-state index contributed by atoms with van der Waals surface area (Å²) in [6.45, 7) is 3.52. The molecular formula is C24H31N3O. The minimum Gasteiger partial charge on any atom is -0.345 e. The summed E-state index contributed by atoms with van der Waals surface area (Å²) in [6, 6.07) is 12.8. The largest absolute Gasteiger partial charge is 0.345 e. The maximum Gasteiger partial charge on any atom is 0.315 e. The van der Waals surface area contributed by atoms with Crippen LogP contribution in [0.1, 0.15) is 55.3 Å². The highest BCUT2D eigenvalue weighted by atomic mass is 16.2. The van der Waals surface area contributed by atoms with Crippen molar-refractivity contribution in [2.45, 2.75) is 64.1 Å². The molecule has 0 spiro atoms. The first-order valence-electron chi connectivity index (χ1n) is 10.8. The molecular weight excluding hydrogens is 346 g/mol. The SMILES string of the molecule is Cc1cccc(Cn2cccc2CNC(=O)NC23CC4CC(CC(C4)C2)C3)c1. The van der Waals surface area contributed by atoms with Crippen LogP contribution in [-0.2, 0) is 13.1 Å². The Morgan fingerprint density at radius 2 is 1.79 bits per heavy atom. The molecule has 4 aliphatic carbocycles. The van der Waals surface area contributed by atoms with Gasteiger partial charge in [0.05, 0.1) is 6.54 Å². The predicted molar refractivity (Wildman–Crippen MR) is 111 cm³/mol. The normalized spacial score (nSPS) is 30.4. The van der Waals surface area contributed by atoms with Crippen LogP contribution >= 0.6 is 0 Å². The van der Waals surface area contributed by atoms with Gasteiger partial charge in [0.15, 0.2) is 0 Å². The van der Waals surface area contributed by atoms with Crippen molar-refractivity contribution >= 4 is 6.03 Å². The first kappa shape index (κ1) is 17.8. The number of aryl methyl sites for hydroxylation is 1. The summed E-state index contributed by atoms with van der Waals surface area (Å²) in [4.78, 5) is 12.7. The highest BCUT2D eigenvalue weighted by Crippen LogP contribution is 2.55. The van der Waals surface area contributed by atoms with E-state index in [0.717, 1.165) is 30.0 Å². The van der Waals surface area contributed by atoms with Crippen LogP contribution in [0.4, 0.5) is 4.79 Å². The van der Waals surface area contributed by atoms with Gasteiger partial charge in [-0.25, -0.2) is 4.79 Å². The van der Waals surface area contributed by atoms with Crippen LogP contribution < -0.4 is 10.6 Å². The van der Waals surface area contributed by atoms with Crippen molar-refractivity contribution in [1.82, 2.24) is 15.2 Å². The zero-order chi connectivity index (χ0) is 19.1. The summed E-state index contributed by atoms with van der Waals surface area (Å²) >= 11 is 0. The molecule has 1 aromatic heterocycles. The van der Waals surface area contributed by atoms with Crippen molar-refractivity contribution in [3.05, 3.63) is 59.4 Å². The molecule has 148 valence electrons. The molecule has 2 aromatic rings. The fourth-order valence-corrected chi connectivity index (χ4v) is 6.49. The van der Waals surface area contributed by atoms with E-state index < -0.39 is 0 Å². The van der Waals surface area contributed by atoms with Crippen molar-refractivity contribution < 1.29 is 4.79 Å². The lowest BCUT2D eigenvalue weighted by molar-refractivity contribution is -0.0135. The molecule has 2 amide bonds. The molecule has 0 atom stereocenters. The van der Waals surface area contributed by atoms with E-state index in [9.17, 15) is 4.79 Å². The van der Waals surface area contributed by atoms with Gasteiger partial charge in [-0.15, -0.1) is 0 Å². The average molecular weight is 378 g/mol. The molecule has 4 heteroatoms. The van der Waals surface area contributed by atoms with Crippen LogP contribution in [0.15, 0.2) is 42.6 Å². The molecule has 4 nitrogen and oxygen atoms in total. The Kier molecular flexibility index (Phi) is 4.45. The van der Waals surface area contributed by atoms with Crippen LogP contribution in [0.5, 0.6) is 0 Å². The number of hydrogen-bond donors (Lipinski definition) is 2. The number of aromatic nitrogens is 1. The van der Waals surface area contributed by atoms with Crippen LogP contribution in [-0.4, -0.2) is 16.1 Å². The smallest absolute Gasteiger partial charge is 0.315 e. The summed E-state index contributed by atoms with van der Waals surface area (Å²) in [5.41, 5.74) is 3.78. The van der Waals surface area contributed by atoms with Crippen LogP contribution in [0, 0.1) is 24.7 Å². The molecule has 4 bridgehead atoms. The molecule has 0 saturated heterocycles. The predicted octanol–water partition coefficient (Wildman–Crippen LogP) is 4.61. The van der Waals surface area contributed by atoms with Crippen molar-refractivity contribution in [3.63, 3.8) is 0 Å². The minimum atomic E-state index is 0.00487. The Labute approximate surface area is 167 Å². The molecule has 4 saturated carbocycles. The number of rotatable bonds is 5. The standard InChI is InChI=1S/C24H31N3O/c1-17-4-2-5-18(8-17)16-27-7-3-6-22(27)15-25-23(28)26-24-12-19-9-20(13-24)11-21(10-19)14-24/h2-8,19-21H,9-16H2,1H3,(H2,25,26,28). The highest BCUT2D eigenvalue weighted by Gasteiger charge is 2.51. The quantitative estimate of drug-likeness (QED) is 0.785. The van der Waals surface area contributed by atoms with Gasteiger partial charge in [-0.2, -0.15) is 0 Å². The van der Waals surface area contributed by atoms with Crippen molar-refractivity contribution in [2.75, 3.05) is 0 Å². The van der Waals surface area contributed by atoms with E-state index in [0.29, 0.717) is 6.54 Å². The Morgan fingerprint density at radius 3 is 2.46 bits per heavy atom. The monoisotopic (exact) mass is 377 g/mol. The molecule has 6 rings (SSSR count). The first-order chi connectivity index (χ1) is 13.6. The number of nitrogens with one attached hydrogen (secondary N) is 2. The molecule has 1 aromatic carbocycles. The second-order valence-electron chi connectivity index (χ2n) is 9.62. The third-order valence-corrected chi connectivity index (χ3v) is 7.21.